The van der Waals surface area contributed by atoms with E-state index in [1.807, 2.05) is 0 Å². The molecule has 3 N–H and O–H groups in total. The Labute approximate surface area is 143 Å². The number of rotatable bonds is 6. The van der Waals surface area contributed by atoms with Gasteiger partial charge in [-0.2, -0.15) is 4.68 Å². The summed E-state index contributed by atoms with van der Waals surface area (Å²) in [5, 5.41) is 24.9. The van der Waals surface area contributed by atoms with Crippen molar-refractivity contribution in [3.05, 3.63) is 29.8 Å². The Hall–Kier alpha value is -3.04. The van der Waals surface area contributed by atoms with Crippen LogP contribution in [0.5, 0.6) is 0 Å². The van der Waals surface area contributed by atoms with E-state index >= 15 is 0 Å². The maximum Gasteiger partial charge on any atom is 0.319 e. The van der Waals surface area contributed by atoms with Crippen molar-refractivity contribution in [3.8, 4) is 5.69 Å². The van der Waals surface area contributed by atoms with Crippen LogP contribution in [0.4, 0.5) is 14.9 Å². The fourth-order valence-corrected chi connectivity index (χ4v) is 2.16. The van der Waals surface area contributed by atoms with E-state index in [9.17, 15) is 14.0 Å². The number of tetrazole rings is 1. The van der Waals surface area contributed by atoms with Gasteiger partial charge in [0.2, 0.25) is 0 Å². The molecule has 0 radical (unpaired) electrons. The molecular weight excluding hydrogens is 331 g/mol. The van der Waals surface area contributed by atoms with Crippen LogP contribution in [0.2, 0.25) is 0 Å². The van der Waals surface area contributed by atoms with Gasteiger partial charge in [0, 0.05) is 17.6 Å². The van der Waals surface area contributed by atoms with Crippen molar-refractivity contribution in [1.82, 2.24) is 25.5 Å². The van der Waals surface area contributed by atoms with Crippen LogP contribution in [0.3, 0.4) is 0 Å². The van der Waals surface area contributed by atoms with E-state index in [0.717, 1.165) is 0 Å². The molecule has 0 atom stereocenters. The van der Waals surface area contributed by atoms with Crippen molar-refractivity contribution < 1.29 is 19.1 Å². The van der Waals surface area contributed by atoms with Gasteiger partial charge in [-0.1, -0.05) is 0 Å². The Kier molecular flexibility index (Phi) is 5.30. The molecule has 1 heterocycles. The fraction of sp³-hybridized carbons (Fsp3) is 0.400. The van der Waals surface area contributed by atoms with Gasteiger partial charge in [0.25, 0.3) is 0 Å². The highest BCUT2D eigenvalue weighted by molar-refractivity contribution is 5.90. The quantitative estimate of drug-likeness (QED) is 0.731. The SMILES string of the molecule is Cc1nnnn1-c1cc(NC(=O)NC(C)(C)CCC(=O)O)ccc1F. The Bertz CT molecular complexity index is 789. The van der Waals surface area contributed by atoms with Gasteiger partial charge in [-0.25, -0.2) is 9.18 Å². The number of aliphatic carboxylic acids is 1. The predicted molar refractivity (Wildman–Crippen MR) is 87.0 cm³/mol. The van der Waals surface area contributed by atoms with Crippen LogP contribution in [0.25, 0.3) is 5.69 Å². The van der Waals surface area contributed by atoms with Crippen LogP contribution in [-0.2, 0) is 4.79 Å². The summed E-state index contributed by atoms with van der Waals surface area (Å²) in [5.41, 5.74) is -0.263. The number of hydrogen-bond acceptors (Lipinski definition) is 5. The minimum Gasteiger partial charge on any atom is -0.481 e. The number of carboxylic acid groups (broad SMARTS) is 1. The molecule has 0 aliphatic heterocycles. The molecule has 2 rings (SSSR count). The van der Waals surface area contributed by atoms with Crippen LogP contribution in [0.1, 0.15) is 32.5 Å². The van der Waals surface area contributed by atoms with E-state index in [4.69, 9.17) is 5.11 Å². The number of aromatic nitrogens is 4. The topological polar surface area (TPSA) is 122 Å². The Balaban J connectivity index is 2.09. The molecule has 1 aromatic carbocycles. The molecule has 0 aliphatic rings. The standard InChI is InChI=1S/C15H19FN6O3/c1-9-19-20-21-22(9)12-8-10(4-5-11(12)16)17-14(25)18-15(2,3)7-6-13(23)24/h4-5,8H,6-7H2,1-3H3,(H,23,24)(H2,17,18,25). The number of benzene rings is 1. The summed E-state index contributed by atoms with van der Waals surface area (Å²) in [4.78, 5) is 22.8. The summed E-state index contributed by atoms with van der Waals surface area (Å²) in [6.07, 6.45) is 0.209. The molecule has 0 bridgehead atoms. The van der Waals surface area contributed by atoms with E-state index in [1.165, 1.54) is 22.9 Å². The lowest BCUT2D eigenvalue weighted by Gasteiger charge is -2.25. The summed E-state index contributed by atoms with van der Waals surface area (Å²) >= 11 is 0. The van der Waals surface area contributed by atoms with Crippen molar-refractivity contribution in [1.29, 1.82) is 0 Å². The predicted octanol–water partition coefficient (Wildman–Crippen LogP) is 1.87. The molecular formula is C15H19FN6O3. The molecule has 0 unspecified atom stereocenters. The monoisotopic (exact) mass is 350 g/mol. The van der Waals surface area contributed by atoms with Gasteiger partial charge in [-0.15, -0.1) is 5.10 Å². The molecule has 1 aromatic heterocycles. The number of amides is 2. The molecule has 2 amide bonds. The van der Waals surface area contributed by atoms with Crippen molar-refractivity contribution >= 4 is 17.7 Å². The summed E-state index contributed by atoms with van der Waals surface area (Å²) in [6, 6.07) is 3.48. The highest BCUT2D eigenvalue weighted by atomic mass is 19.1. The van der Waals surface area contributed by atoms with E-state index in [1.54, 1.807) is 20.8 Å². The third kappa shape index (κ3) is 4.96. The number of urea groups is 1. The van der Waals surface area contributed by atoms with E-state index < -0.39 is 23.4 Å². The van der Waals surface area contributed by atoms with E-state index in [2.05, 4.69) is 26.2 Å². The number of anilines is 1. The van der Waals surface area contributed by atoms with Crippen LogP contribution in [0.15, 0.2) is 18.2 Å². The molecule has 134 valence electrons. The number of carbonyl (C=O) groups excluding carboxylic acids is 1. The minimum absolute atomic E-state index is 0.0629. The Morgan fingerprint density at radius 1 is 1.36 bits per heavy atom. The first-order valence-electron chi connectivity index (χ1n) is 7.54. The number of nitrogens with one attached hydrogen (secondary N) is 2. The van der Waals surface area contributed by atoms with Gasteiger partial charge < -0.3 is 15.7 Å². The zero-order chi connectivity index (χ0) is 18.6. The Morgan fingerprint density at radius 3 is 2.68 bits per heavy atom. The largest absolute Gasteiger partial charge is 0.481 e. The summed E-state index contributed by atoms with van der Waals surface area (Å²) < 4.78 is 15.2. The van der Waals surface area contributed by atoms with Crippen molar-refractivity contribution in [2.24, 2.45) is 0 Å². The molecule has 0 saturated carbocycles. The second kappa shape index (κ2) is 7.24. The van der Waals surface area contributed by atoms with Gasteiger partial charge in [0.15, 0.2) is 5.82 Å². The fourth-order valence-electron chi connectivity index (χ4n) is 2.16. The summed E-state index contributed by atoms with van der Waals surface area (Å²) in [5.74, 6) is -1.08. The lowest BCUT2D eigenvalue weighted by molar-refractivity contribution is -0.137. The summed E-state index contributed by atoms with van der Waals surface area (Å²) in [6.45, 7) is 5.06. The lowest BCUT2D eigenvalue weighted by atomic mass is 9.99. The molecule has 0 aliphatic carbocycles. The van der Waals surface area contributed by atoms with E-state index in [0.29, 0.717) is 11.5 Å². The highest BCUT2D eigenvalue weighted by Crippen LogP contribution is 2.19. The third-order valence-corrected chi connectivity index (χ3v) is 3.47. The molecule has 9 nitrogen and oxygen atoms in total. The number of halogens is 1. The van der Waals surface area contributed by atoms with E-state index in [-0.39, 0.29) is 18.5 Å². The molecule has 10 heteroatoms. The molecule has 25 heavy (non-hydrogen) atoms. The van der Waals surface area contributed by atoms with Gasteiger partial charge in [0.1, 0.15) is 11.5 Å². The van der Waals surface area contributed by atoms with Crippen LogP contribution >= 0.6 is 0 Å². The minimum atomic E-state index is -0.935. The smallest absolute Gasteiger partial charge is 0.319 e. The van der Waals surface area contributed by atoms with Crippen LogP contribution in [-0.4, -0.2) is 42.9 Å². The van der Waals surface area contributed by atoms with Gasteiger partial charge >= 0.3 is 12.0 Å². The summed E-state index contributed by atoms with van der Waals surface area (Å²) in [7, 11) is 0. The van der Waals surface area contributed by atoms with Crippen molar-refractivity contribution in [2.75, 3.05) is 5.32 Å². The normalized spacial score (nSPS) is 11.2. The number of hydrogen-bond donors (Lipinski definition) is 3. The lowest BCUT2D eigenvalue weighted by Crippen LogP contribution is -2.45. The van der Waals surface area contributed by atoms with Crippen LogP contribution in [0, 0.1) is 12.7 Å². The van der Waals surface area contributed by atoms with Crippen molar-refractivity contribution in [3.63, 3.8) is 0 Å². The van der Waals surface area contributed by atoms with Gasteiger partial charge in [0.05, 0.1) is 0 Å². The highest BCUT2D eigenvalue weighted by Gasteiger charge is 2.22. The second-order valence-electron chi connectivity index (χ2n) is 6.16. The van der Waals surface area contributed by atoms with Crippen molar-refractivity contribution in [2.45, 2.75) is 39.2 Å². The molecule has 0 fully saturated rings. The number of carboxylic acids is 1. The molecule has 2 aromatic rings. The Morgan fingerprint density at radius 2 is 2.08 bits per heavy atom. The first kappa shape index (κ1) is 18.3. The maximum absolute atomic E-state index is 14.0. The van der Waals surface area contributed by atoms with Gasteiger partial charge in [-0.3, -0.25) is 4.79 Å². The van der Waals surface area contributed by atoms with Crippen LogP contribution < -0.4 is 10.6 Å². The number of carbonyl (C=O) groups is 2. The maximum atomic E-state index is 14.0. The first-order chi connectivity index (χ1) is 11.7. The second-order valence-corrected chi connectivity index (χ2v) is 6.16. The first-order valence-corrected chi connectivity index (χ1v) is 7.54. The number of nitrogens with zero attached hydrogens (tertiary/aromatic N) is 4. The average molecular weight is 350 g/mol. The number of aryl methyl sites for hydroxylation is 1. The molecule has 0 spiro atoms. The zero-order valence-corrected chi connectivity index (χ0v) is 14.1. The third-order valence-electron chi connectivity index (χ3n) is 3.47. The average Bonchev–Trinajstić information content (AvgIpc) is 2.93. The molecule has 0 saturated heterocycles. The zero-order valence-electron chi connectivity index (χ0n) is 14.1. The van der Waals surface area contributed by atoms with Gasteiger partial charge in [-0.05, 0) is 55.8 Å².